The molecule has 3 rings (SSSR count). The molecule has 0 spiro atoms. The number of fused-ring (bicyclic) bond motifs is 1. The van der Waals surface area contributed by atoms with Crippen LogP contribution in [-0.2, 0) is 16.1 Å². The van der Waals surface area contributed by atoms with Crippen LogP contribution in [0, 0.1) is 0 Å². The first kappa shape index (κ1) is 16.3. The fourth-order valence-corrected chi connectivity index (χ4v) is 3.49. The van der Waals surface area contributed by atoms with E-state index >= 15 is 0 Å². The Morgan fingerprint density at radius 2 is 2.35 bits per heavy atom. The molecule has 1 aliphatic rings. The maximum Gasteiger partial charge on any atom is 0.262 e. The molecule has 0 aliphatic carbocycles. The molecule has 8 heteroatoms. The molecule has 1 aliphatic heterocycles. The van der Waals surface area contributed by atoms with Crippen LogP contribution in [0.5, 0.6) is 0 Å². The van der Waals surface area contributed by atoms with Crippen molar-refractivity contribution in [2.24, 2.45) is 5.73 Å². The van der Waals surface area contributed by atoms with Crippen molar-refractivity contribution in [3.8, 4) is 0 Å². The Bertz CT molecular complexity index is 802. The first-order chi connectivity index (χ1) is 11.0. The first-order valence-corrected chi connectivity index (χ1v) is 8.64. The largest absolute Gasteiger partial charge is 0.376 e. The van der Waals surface area contributed by atoms with Crippen molar-refractivity contribution in [3.63, 3.8) is 0 Å². The lowest BCUT2D eigenvalue weighted by atomic mass is 10.2. The molecule has 1 fully saturated rings. The van der Waals surface area contributed by atoms with Gasteiger partial charge < -0.3 is 10.5 Å². The van der Waals surface area contributed by atoms with Gasteiger partial charge >= 0.3 is 0 Å². The zero-order valence-corrected chi connectivity index (χ0v) is 13.9. The molecule has 1 aromatic carbocycles. The van der Waals surface area contributed by atoms with E-state index in [0.717, 1.165) is 24.6 Å². The van der Waals surface area contributed by atoms with Crippen LogP contribution in [0.3, 0.4) is 0 Å². The van der Waals surface area contributed by atoms with Crippen molar-refractivity contribution < 1.29 is 9.53 Å². The van der Waals surface area contributed by atoms with Crippen LogP contribution in [-0.4, -0.2) is 33.9 Å². The SMILES string of the molecule is NC(=O)CSc1nc2cc(Cl)ccc2c(=O)n1C[C@@H]1CCCO1. The second kappa shape index (κ2) is 6.90. The topological polar surface area (TPSA) is 87.2 Å². The third kappa shape index (κ3) is 3.68. The summed E-state index contributed by atoms with van der Waals surface area (Å²) in [6, 6.07) is 4.98. The van der Waals surface area contributed by atoms with Crippen molar-refractivity contribution in [1.29, 1.82) is 0 Å². The number of ether oxygens (including phenoxy) is 1. The lowest BCUT2D eigenvalue weighted by Crippen LogP contribution is -2.29. The molecule has 2 heterocycles. The fourth-order valence-electron chi connectivity index (χ4n) is 2.57. The molecule has 1 amide bonds. The van der Waals surface area contributed by atoms with Crippen LogP contribution >= 0.6 is 23.4 Å². The van der Waals surface area contributed by atoms with Gasteiger partial charge in [-0.1, -0.05) is 23.4 Å². The molecule has 0 unspecified atom stereocenters. The van der Waals surface area contributed by atoms with E-state index < -0.39 is 5.91 Å². The van der Waals surface area contributed by atoms with E-state index in [1.54, 1.807) is 22.8 Å². The van der Waals surface area contributed by atoms with Gasteiger partial charge in [-0.2, -0.15) is 0 Å². The Balaban J connectivity index is 2.06. The third-order valence-electron chi connectivity index (χ3n) is 3.64. The summed E-state index contributed by atoms with van der Waals surface area (Å²) in [6.07, 6.45) is 1.89. The Labute approximate surface area is 142 Å². The molecule has 0 radical (unpaired) electrons. The molecule has 0 saturated carbocycles. The van der Waals surface area contributed by atoms with Gasteiger partial charge in [-0.25, -0.2) is 4.98 Å². The Hall–Kier alpha value is -1.57. The summed E-state index contributed by atoms with van der Waals surface area (Å²) in [4.78, 5) is 28.3. The summed E-state index contributed by atoms with van der Waals surface area (Å²) in [5, 5.41) is 1.46. The zero-order valence-electron chi connectivity index (χ0n) is 12.3. The van der Waals surface area contributed by atoms with Gasteiger partial charge in [0.15, 0.2) is 5.16 Å². The summed E-state index contributed by atoms with van der Waals surface area (Å²) in [5.41, 5.74) is 5.56. The van der Waals surface area contributed by atoms with Gasteiger partial charge in [0.2, 0.25) is 5.91 Å². The lowest BCUT2D eigenvalue weighted by molar-refractivity contribution is -0.115. The Morgan fingerprint density at radius 1 is 1.52 bits per heavy atom. The van der Waals surface area contributed by atoms with Gasteiger partial charge in [0.05, 0.1) is 29.3 Å². The van der Waals surface area contributed by atoms with E-state index in [2.05, 4.69) is 4.98 Å². The predicted molar refractivity (Wildman–Crippen MR) is 89.9 cm³/mol. The second-order valence-corrected chi connectivity index (χ2v) is 6.74. The molecule has 23 heavy (non-hydrogen) atoms. The molecule has 2 aromatic rings. The lowest BCUT2D eigenvalue weighted by Gasteiger charge is -2.16. The van der Waals surface area contributed by atoms with E-state index in [1.807, 2.05) is 0 Å². The monoisotopic (exact) mass is 353 g/mol. The van der Waals surface area contributed by atoms with Crippen molar-refractivity contribution >= 4 is 40.2 Å². The number of nitrogens with zero attached hydrogens (tertiary/aromatic N) is 2. The normalized spacial score (nSPS) is 17.7. The minimum absolute atomic E-state index is 0.00724. The predicted octanol–water partition coefficient (Wildman–Crippen LogP) is 1.81. The number of amides is 1. The number of carbonyl (C=O) groups excluding carboxylic acids is 1. The molecular weight excluding hydrogens is 338 g/mol. The van der Waals surface area contributed by atoms with Crippen LogP contribution in [0.2, 0.25) is 5.02 Å². The van der Waals surface area contributed by atoms with E-state index in [-0.39, 0.29) is 17.4 Å². The van der Waals surface area contributed by atoms with Gasteiger partial charge in [-0.15, -0.1) is 0 Å². The average Bonchev–Trinajstić information content (AvgIpc) is 3.01. The van der Waals surface area contributed by atoms with Crippen LogP contribution in [0.4, 0.5) is 0 Å². The van der Waals surface area contributed by atoms with Crippen LogP contribution in [0.25, 0.3) is 10.9 Å². The summed E-state index contributed by atoms with van der Waals surface area (Å²) >= 11 is 7.13. The second-order valence-electron chi connectivity index (χ2n) is 5.36. The summed E-state index contributed by atoms with van der Waals surface area (Å²) < 4.78 is 7.18. The highest BCUT2D eigenvalue weighted by Gasteiger charge is 2.20. The number of primary amides is 1. The number of aromatic nitrogens is 2. The highest BCUT2D eigenvalue weighted by atomic mass is 35.5. The molecule has 1 aromatic heterocycles. The average molecular weight is 354 g/mol. The van der Waals surface area contributed by atoms with E-state index in [0.29, 0.717) is 34.2 Å². The van der Waals surface area contributed by atoms with Crippen molar-refractivity contribution in [1.82, 2.24) is 9.55 Å². The number of thioether (sulfide) groups is 1. The van der Waals surface area contributed by atoms with Crippen molar-refractivity contribution in [2.45, 2.75) is 30.6 Å². The fraction of sp³-hybridized carbons (Fsp3) is 0.400. The summed E-state index contributed by atoms with van der Waals surface area (Å²) in [6.45, 7) is 1.13. The van der Waals surface area contributed by atoms with Gasteiger partial charge in [0.25, 0.3) is 5.56 Å². The minimum atomic E-state index is -0.459. The van der Waals surface area contributed by atoms with Gasteiger partial charge in [-0.05, 0) is 31.0 Å². The smallest absolute Gasteiger partial charge is 0.262 e. The molecule has 1 atom stereocenters. The quantitative estimate of drug-likeness (QED) is 0.654. The van der Waals surface area contributed by atoms with Gasteiger partial charge in [0, 0.05) is 11.6 Å². The van der Waals surface area contributed by atoms with Crippen LogP contribution < -0.4 is 11.3 Å². The molecule has 6 nitrogen and oxygen atoms in total. The Morgan fingerprint density at radius 3 is 3.04 bits per heavy atom. The zero-order chi connectivity index (χ0) is 16.4. The highest BCUT2D eigenvalue weighted by molar-refractivity contribution is 7.99. The van der Waals surface area contributed by atoms with Crippen molar-refractivity contribution in [2.75, 3.05) is 12.4 Å². The number of rotatable bonds is 5. The standard InChI is InChI=1S/C15H16ClN3O3S/c16-9-3-4-11-12(6-9)18-15(23-8-13(17)20)19(14(11)21)7-10-2-1-5-22-10/h3-4,6,10H,1-2,5,7-8H2,(H2,17,20)/t10-/m0/s1. The first-order valence-electron chi connectivity index (χ1n) is 7.27. The van der Waals surface area contributed by atoms with E-state index in [1.165, 1.54) is 0 Å². The number of carbonyl (C=O) groups is 1. The summed E-state index contributed by atoms with van der Waals surface area (Å²) in [5.74, 6) is -0.400. The Kier molecular flexibility index (Phi) is 4.89. The molecule has 122 valence electrons. The summed E-state index contributed by atoms with van der Waals surface area (Å²) in [7, 11) is 0. The molecule has 2 N–H and O–H groups in total. The number of benzene rings is 1. The maximum atomic E-state index is 12.8. The number of hydrogen-bond donors (Lipinski definition) is 1. The molecular formula is C15H16ClN3O3S. The minimum Gasteiger partial charge on any atom is -0.376 e. The van der Waals surface area contributed by atoms with Crippen LogP contribution in [0.15, 0.2) is 28.2 Å². The van der Waals surface area contributed by atoms with E-state index in [9.17, 15) is 9.59 Å². The maximum absolute atomic E-state index is 12.8. The third-order valence-corrected chi connectivity index (χ3v) is 4.87. The van der Waals surface area contributed by atoms with Crippen molar-refractivity contribution in [3.05, 3.63) is 33.6 Å². The number of hydrogen-bond acceptors (Lipinski definition) is 5. The van der Waals surface area contributed by atoms with E-state index in [4.69, 9.17) is 22.1 Å². The number of nitrogens with two attached hydrogens (primary N) is 1. The van der Waals surface area contributed by atoms with Crippen LogP contribution in [0.1, 0.15) is 12.8 Å². The van der Waals surface area contributed by atoms with Gasteiger partial charge in [-0.3, -0.25) is 14.2 Å². The number of halogens is 1. The molecule has 1 saturated heterocycles. The highest BCUT2D eigenvalue weighted by Crippen LogP contribution is 2.22. The molecule has 0 bridgehead atoms. The van der Waals surface area contributed by atoms with Gasteiger partial charge in [0.1, 0.15) is 0 Å².